The van der Waals surface area contributed by atoms with Crippen LogP contribution in [0, 0.1) is 13.8 Å². The highest BCUT2D eigenvalue weighted by molar-refractivity contribution is 7.15. The van der Waals surface area contributed by atoms with Crippen molar-refractivity contribution in [2.45, 2.75) is 13.8 Å². The van der Waals surface area contributed by atoms with E-state index < -0.39 is 0 Å². The molecule has 0 radical (unpaired) electrons. The zero-order chi connectivity index (χ0) is 13.9. The lowest BCUT2D eigenvalue weighted by Gasteiger charge is -2.09. The normalized spacial score (nSPS) is 10.5. The van der Waals surface area contributed by atoms with Crippen LogP contribution in [0.1, 0.15) is 10.6 Å². The van der Waals surface area contributed by atoms with Crippen LogP contribution in [-0.4, -0.2) is 4.98 Å². The van der Waals surface area contributed by atoms with Crippen LogP contribution in [0.3, 0.4) is 0 Å². The molecule has 3 aromatic rings. The fourth-order valence-electron chi connectivity index (χ4n) is 1.94. The predicted octanol–water partition coefficient (Wildman–Crippen LogP) is 5.22. The number of aromatic nitrogens is 1. The molecule has 2 nitrogen and oxygen atoms in total. The van der Waals surface area contributed by atoms with Gasteiger partial charge in [0.05, 0.1) is 11.3 Å². The highest BCUT2D eigenvalue weighted by Crippen LogP contribution is 2.36. The molecule has 1 heterocycles. The first-order chi connectivity index (χ1) is 9.74. The number of hydrogen-bond acceptors (Lipinski definition) is 3. The first-order valence-corrected chi connectivity index (χ1v) is 7.32. The van der Waals surface area contributed by atoms with Crippen molar-refractivity contribution in [3.05, 3.63) is 65.2 Å². The van der Waals surface area contributed by atoms with Gasteiger partial charge in [-0.3, -0.25) is 0 Å². The van der Waals surface area contributed by atoms with E-state index in [0.29, 0.717) is 0 Å². The summed E-state index contributed by atoms with van der Waals surface area (Å²) in [5, 5.41) is 1.01. The van der Waals surface area contributed by atoms with Crippen molar-refractivity contribution in [2.75, 3.05) is 0 Å². The van der Waals surface area contributed by atoms with Crippen molar-refractivity contribution in [1.82, 2.24) is 4.98 Å². The lowest BCUT2D eigenvalue weighted by Crippen LogP contribution is -1.87. The lowest BCUT2D eigenvalue weighted by molar-refractivity contribution is 0.484. The summed E-state index contributed by atoms with van der Waals surface area (Å²) in [6.45, 7) is 4.13. The third-order valence-electron chi connectivity index (χ3n) is 3.12. The molecule has 0 saturated heterocycles. The van der Waals surface area contributed by atoms with Crippen LogP contribution in [0.5, 0.6) is 11.5 Å². The van der Waals surface area contributed by atoms with Gasteiger partial charge in [-0.25, -0.2) is 4.98 Å². The second-order valence-electron chi connectivity index (χ2n) is 4.57. The Labute approximate surface area is 122 Å². The van der Waals surface area contributed by atoms with Crippen LogP contribution in [0.2, 0.25) is 0 Å². The summed E-state index contributed by atoms with van der Waals surface area (Å²) in [5.41, 5.74) is 2.12. The van der Waals surface area contributed by atoms with Crippen LogP contribution >= 0.6 is 11.3 Å². The summed E-state index contributed by atoms with van der Waals surface area (Å²) < 4.78 is 5.98. The topological polar surface area (TPSA) is 22.1 Å². The van der Waals surface area contributed by atoms with Gasteiger partial charge in [0.2, 0.25) is 0 Å². The summed E-state index contributed by atoms with van der Waals surface area (Å²) in [5.74, 6) is 1.68. The molecule has 0 amide bonds. The average molecular weight is 281 g/mol. The standard InChI is InChI=1S/C17H15NOS/c1-12-13(2)20-17(18-12)15-10-6-7-11-16(15)19-14-8-4-3-5-9-14/h3-11H,1-2H3. The minimum Gasteiger partial charge on any atom is -0.457 e. The number of para-hydroxylation sites is 2. The fourth-order valence-corrected chi connectivity index (χ4v) is 2.88. The minimum atomic E-state index is 0.838. The number of nitrogens with zero attached hydrogens (tertiary/aromatic N) is 1. The molecule has 20 heavy (non-hydrogen) atoms. The molecule has 2 aromatic carbocycles. The van der Waals surface area contributed by atoms with Crippen LogP contribution < -0.4 is 4.74 Å². The van der Waals surface area contributed by atoms with Crippen molar-refractivity contribution < 1.29 is 4.74 Å². The average Bonchev–Trinajstić information content (AvgIpc) is 2.80. The first-order valence-electron chi connectivity index (χ1n) is 6.50. The van der Waals surface area contributed by atoms with Gasteiger partial charge in [-0.2, -0.15) is 0 Å². The molecule has 0 atom stereocenters. The summed E-state index contributed by atoms with van der Waals surface area (Å²) in [4.78, 5) is 5.87. The van der Waals surface area contributed by atoms with Crippen molar-refractivity contribution in [3.8, 4) is 22.1 Å². The Morgan fingerprint density at radius 3 is 2.30 bits per heavy atom. The van der Waals surface area contributed by atoms with Crippen molar-refractivity contribution in [2.24, 2.45) is 0 Å². The van der Waals surface area contributed by atoms with Crippen LogP contribution in [-0.2, 0) is 0 Å². The first kappa shape index (κ1) is 12.9. The number of rotatable bonds is 3. The van der Waals surface area contributed by atoms with Gasteiger partial charge >= 0.3 is 0 Å². The van der Waals surface area contributed by atoms with Gasteiger partial charge in [0.15, 0.2) is 0 Å². The maximum absolute atomic E-state index is 5.98. The lowest BCUT2D eigenvalue weighted by atomic mass is 10.2. The molecule has 3 heteroatoms. The smallest absolute Gasteiger partial charge is 0.137 e. The monoisotopic (exact) mass is 281 g/mol. The van der Waals surface area contributed by atoms with Gasteiger partial charge in [0, 0.05) is 4.88 Å². The van der Waals surface area contributed by atoms with Crippen LogP contribution in [0.15, 0.2) is 54.6 Å². The van der Waals surface area contributed by atoms with Crippen molar-refractivity contribution in [1.29, 1.82) is 0 Å². The van der Waals surface area contributed by atoms with Gasteiger partial charge in [0.1, 0.15) is 16.5 Å². The van der Waals surface area contributed by atoms with Crippen molar-refractivity contribution >= 4 is 11.3 Å². The van der Waals surface area contributed by atoms with Crippen LogP contribution in [0.25, 0.3) is 10.6 Å². The number of benzene rings is 2. The Bertz CT molecular complexity index is 699. The second-order valence-corrected chi connectivity index (χ2v) is 5.78. The van der Waals surface area contributed by atoms with E-state index in [-0.39, 0.29) is 0 Å². The van der Waals surface area contributed by atoms with E-state index in [0.717, 1.165) is 27.8 Å². The summed E-state index contributed by atoms with van der Waals surface area (Å²) >= 11 is 1.70. The zero-order valence-corrected chi connectivity index (χ0v) is 12.3. The highest BCUT2D eigenvalue weighted by atomic mass is 32.1. The van der Waals surface area contributed by atoms with E-state index in [1.807, 2.05) is 55.5 Å². The number of ether oxygens (including phenoxy) is 1. The summed E-state index contributed by atoms with van der Waals surface area (Å²) in [6.07, 6.45) is 0. The SMILES string of the molecule is Cc1nc(-c2ccccc2Oc2ccccc2)sc1C. The molecular formula is C17H15NOS. The molecule has 0 unspecified atom stereocenters. The number of hydrogen-bond donors (Lipinski definition) is 0. The fraction of sp³-hybridized carbons (Fsp3) is 0.118. The largest absolute Gasteiger partial charge is 0.457 e. The van der Waals surface area contributed by atoms with Gasteiger partial charge < -0.3 is 4.74 Å². The molecule has 0 fully saturated rings. The Balaban J connectivity index is 2.00. The van der Waals surface area contributed by atoms with E-state index in [4.69, 9.17) is 4.74 Å². The summed E-state index contributed by atoms with van der Waals surface area (Å²) in [6, 6.07) is 17.8. The molecule has 1 aromatic heterocycles. The molecule has 3 rings (SSSR count). The van der Waals surface area contributed by atoms with Crippen LogP contribution in [0.4, 0.5) is 0 Å². The number of aryl methyl sites for hydroxylation is 2. The molecular weight excluding hydrogens is 266 g/mol. The number of thiazole rings is 1. The second kappa shape index (κ2) is 5.47. The van der Waals surface area contributed by atoms with Crippen molar-refractivity contribution in [3.63, 3.8) is 0 Å². The molecule has 0 aliphatic carbocycles. The Morgan fingerprint density at radius 1 is 0.900 bits per heavy atom. The van der Waals surface area contributed by atoms with Gasteiger partial charge in [-0.1, -0.05) is 30.3 Å². The highest BCUT2D eigenvalue weighted by Gasteiger charge is 2.11. The van der Waals surface area contributed by atoms with E-state index in [9.17, 15) is 0 Å². The third-order valence-corrected chi connectivity index (χ3v) is 4.22. The van der Waals surface area contributed by atoms with Gasteiger partial charge in [0.25, 0.3) is 0 Å². The van der Waals surface area contributed by atoms with E-state index in [2.05, 4.69) is 18.0 Å². The maximum Gasteiger partial charge on any atom is 0.137 e. The molecule has 0 bridgehead atoms. The zero-order valence-electron chi connectivity index (χ0n) is 11.5. The maximum atomic E-state index is 5.98. The van der Waals surface area contributed by atoms with E-state index in [1.54, 1.807) is 11.3 Å². The minimum absolute atomic E-state index is 0.838. The van der Waals surface area contributed by atoms with E-state index >= 15 is 0 Å². The Kier molecular flexibility index (Phi) is 3.52. The molecule has 100 valence electrons. The Morgan fingerprint density at radius 2 is 1.60 bits per heavy atom. The van der Waals surface area contributed by atoms with E-state index in [1.165, 1.54) is 4.88 Å². The third kappa shape index (κ3) is 2.58. The molecule has 0 aliphatic heterocycles. The molecule has 0 saturated carbocycles. The molecule has 0 N–H and O–H groups in total. The quantitative estimate of drug-likeness (QED) is 0.656. The molecule has 0 spiro atoms. The van der Waals surface area contributed by atoms with Gasteiger partial charge in [-0.05, 0) is 38.1 Å². The predicted molar refractivity (Wildman–Crippen MR) is 83.5 cm³/mol. The Hall–Kier alpha value is -2.13. The molecule has 0 aliphatic rings. The summed E-state index contributed by atoms with van der Waals surface area (Å²) in [7, 11) is 0. The van der Waals surface area contributed by atoms with Gasteiger partial charge in [-0.15, -0.1) is 11.3 Å².